The molecule has 1 aromatic heterocycles. The molecule has 0 spiro atoms. The predicted octanol–water partition coefficient (Wildman–Crippen LogP) is 4.01. The van der Waals surface area contributed by atoms with Crippen molar-refractivity contribution < 1.29 is 19.4 Å². The van der Waals surface area contributed by atoms with Crippen LogP contribution in [0.3, 0.4) is 0 Å². The molecule has 2 aromatic carbocycles. The van der Waals surface area contributed by atoms with E-state index in [1.54, 1.807) is 19.1 Å². The Morgan fingerprint density at radius 2 is 1.93 bits per heavy atom. The van der Waals surface area contributed by atoms with E-state index in [1.807, 2.05) is 18.2 Å². The van der Waals surface area contributed by atoms with Gasteiger partial charge in [-0.25, -0.2) is 4.79 Å². The molecule has 8 heteroatoms. The van der Waals surface area contributed by atoms with E-state index in [9.17, 15) is 9.90 Å². The summed E-state index contributed by atoms with van der Waals surface area (Å²) in [7, 11) is 0. The molecule has 1 heterocycles. The highest BCUT2D eigenvalue weighted by atomic mass is 35.5. The number of aromatic hydroxyl groups is 1. The minimum atomic E-state index is -0.403. The van der Waals surface area contributed by atoms with Gasteiger partial charge in [0.25, 0.3) is 0 Å². The Morgan fingerprint density at radius 1 is 1.19 bits per heavy atom. The van der Waals surface area contributed by atoms with Gasteiger partial charge in [-0.1, -0.05) is 18.2 Å². The number of carbonyl (C=O) groups excluding carboxylic acids is 1. The summed E-state index contributed by atoms with van der Waals surface area (Å²) in [6.07, 6.45) is 0.560. The van der Waals surface area contributed by atoms with E-state index in [-0.39, 0.29) is 12.4 Å². The maximum absolute atomic E-state index is 11.0. The fourth-order valence-electron chi connectivity index (χ4n) is 1.95. The number of nitrogen functional groups attached to an aromatic ring is 1. The first kappa shape index (κ1) is 20.3. The molecule has 0 aliphatic heterocycles. The van der Waals surface area contributed by atoms with Crippen molar-refractivity contribution >= 4 is 34.3 Å². The number of benzene rings is 2. The monoisotopic (exact) mass is 391 g/mol. The molecule has 0 unspecified atom stereocenters. The lowest BCUT2D eigenvalue weighted by molar-refractivity contribution is -0.139. The first-order valence-corrected chi connectivity index (χ1v) is 8.60. The number of nitrogens with one attached hydrogen (secondary N) is 2. The van der Waals surface area contributed by atoms with Gasteiger partial charge in [0, 0.05) is 23.1 Å². The van der Waals surface area contributed by atoms with Crippen molar-refractivity contribution in [2.45, 2.75) is 13.3 Å². The third-order valence-corrected chi connectivity index (χ3v) is 3.69. The zero-order chi connectivity index (χ0) is 19.8. The van der Waals surface area contributed by atoms with Crippen LogP contribution in [0.5, 0.6) is 11.5 Å². The molecule has 0 bridgehead atoms. The van der Waals surface area contributed by atoms with Crippen molar-refractivity contribution in [1.29, 1.82) is 0 Å². The number of phenolic OH excluding ortho intramolecular Hbond substituents is 1. The van der Waals surface area contributed by atoms with Gasteiger partial charge in [-0.2, -0.15) is 0 Å². The van der Waals surface area contributed by atoms with Gasteiger partial charge in [0.05, 0.1) is 29.9 Å². The molecule has 3 rings (SSSR count). The predicted molar refractivity (Wildman–Crippen MR) is 106 cm³/mol. The van der Waals surface area contributed by atoms with Gasteiger partial charge in [-0.15, -0.1) is 0 Å². The second-order valence-electron chi connectivity index (χ2n) is 5.78. The Labute approximate surface area is 161 Å². The minimum absolute atomic E-state index is 0.0128. The van der Waals surface area contributed by atoms with E-state index in [2.05, 4.69) is 16.8 Å². The maximum atomic E-state index is 11.0. The highest BCUT2D eigenvalue weighted by molar-refractivity contribution is 6.31. The summed E-state index contributed by atoms with van der Waals surface area (Å²) >= 11 is 5.68. The number of rotatable bonds is 6. The number of fused-ring (bicyclic) bond motifs is 1. The molecule has 0 fully saturated rings. The highest BCUT2D eigenvalue weighted by Gasteiger charge is 2.03. The molecule has 0 saturated heterocycles. The lowest BCUT2D eigenvalue weighted by Crippen LogP contribution is -2.09. The lowest BCUT2D eigenvalue weighted by Gasteiger charge is -2.08. The topological polar surface area (TPSA) is 113 Å². The molecule has 3 aromatic rings. The molecule has 0 atom stereocenters. The van der Waals surface area contributed by atoms with E-state index >= 15 is 0 Å². The Bertz CT molecular complexity index is 917. The number of halogens is 1. The van der Waals surface area contributed by atoms with Crippen LogP contribution in [0.15, 0.2) is 48.6 Å². The molecular weight excluding hydrogens is 370 g/mol. The van der Waals surface area contributed by atoms with E-state index in [0.717, 1.165) is 16.1 Å². The number of hydrogen-bond acceptors (Lipinski definition) is 5. The largest absolute Gasteiger partial charge is 0.506 e. The van der Waals surface area contributed by atoms with Crippen molar-refractivity contribution in [1.82, 2.24) is 10.2 Å². The Kier molecular flexibility index (Phi) is 7.19. The zero-order valence-electron chi connectivity index (χ0n) is 14.9. The molecule has 0 saturated carbocycles. The Morgan fingerprint density at radius 3 is 2.48 bits per heavy atom. The molecule has 7 nitrogen and oxygen atoms in total. The fraction of sp³-hybridized carbons (Fsp3) is 0.211. The average molecular weight is 392 g/mol. The Balaban J connectivity index is 0.000000239. The molecule has 144 valence electrons. The number of phenols is 1. The van der Waals surface area contributed by atoms with Crippen LogP contribution in [0.25, 0.3) is 11.0 Å². The number of carbonyl (C=O) groups is 1. The van der Waals surface area contributed by atoms with Crippen LogP contribution < -0.4 is 10.5 Å². The van der Waals surface area contributed by atoms with Gasteiger partial charge in [-0.3, -0.25) is 10.2 Å². The van der Waals surface area contributed by atoms with Gasteiger partial charge >= 0.3 is 5.97 Å². The Hall–Kier alpha value is -3.06. The van der Waals surface area contributed by atoms with E-state index < -0.39 is 5.97 Å². The number of H-pyrrole nitrogens is 2. The standard InChI is InChI=1S/C13H17NO4.C6H5ClN2/c1-9(2)13(16)18-7-3-6-17-10-4-5-11(14)12(15)8-10;7-4-1-2-5-6(3-4)9-8-5/h4-5,8,15H,1,3,6-7,14H2,2H3;1-3,8-9H. The van der Waals surface area contributed by atoms with Crippen LogP contribution in [0, 0.1) is 0 Å². The summed E-state index contributed by atoms with van der Waals surface area (Å²) in [4.78, 5) is 11.0. The van der Waals surface area contributed by atoms with Crippen molar-refractivity contribution in [3.63, 3.8) is 0 Å². The van der Waals surface area contributed by atoms with Gasteiger partial charge in [0.15, 0.2) is 0 Å². The molecule has 0 radical (unpaired) electrons. The first-order valence-electron chi connectivity index (χ1n) is 8.22. The molecule has 27 heavy (non-hydrogen) atoms. The third kappa shape index (κ3) is 6.31. The lowest BCUT2D eigenvalue weighted by atomic mass is 10.3. The maximum Gasteiger partial charge on any atom is 0.333 e. The van der Waals surface area contributed by atoms with Crippen LogP contribution in [0.2, 0.25) is 5.02 Å². The quantitative estimate of drug-likeness (QED) is 0.167. The third-order valence-electron chi connectivity index (χ3n) is 3.45. The summed E-state index contributed by atoms with van der Waals surface area (Å²) in [6.45, 7) is 5.72. The van der Waals surface area contributed by atoms with Gasteiger partial charge < -0.3 is 20.3 Å². The summed E-state index contributed by atoms with van der Waals surface area (Å²) in [5.74, 6) is 0.106. The smallest absolute Gasteiger partial charge is 0.333 e. The zero-order valence-corrected chi connectivity index (χ0v) is 15.7. The van der Waals surface area contributed by atoms with Crippen LogP contribution in [-0.4, -0.2) is 34.5 Å². The number of esters is 1. The normalized spacial score (nSPS) is 10.1. The van der Waals surface area contributed by atoms with E-state index in [1.165, 1.54) is 6.07 Å². The van der Waals surface area contributed by atoms with Gasteiger partial charge in [-0.05, 0) is 37.3 Å². The van der Waals surface area contributed by atoms with Crippen molar-refractivity contribution in [2.24, 2.45) is 0 Å². The number of hydrogen-bond donors (Lipinski definition) is 4. The molecular formula is C19H22ClN3O4. The first-order chi connectivity index (χ1) is 12.9. The average Bonchev–Trinajstić information content (AvgIpc) is 2.61. The summed E-state index contributed by atoms with van der Waals surface area (Å²) in [5.41, 5.74) is 8.32. The second-order valence-corrected chi connectivity index (χ2v) is 6.22. The van der Waals surface area contributed by atoms with Crippen molar-refractivity contribution in [3.8, 4) is 11.5 Å². The van der Waals surface area contributed by atoms with E-state index in [4.69, 9.17) is 26.8 Å². The van der Waals surface area contributed by atoms with Crippen LogP contribution in [-0.2, 0) is 9.53 Å². The molecule has 0 aliphatic rings. The van der Waals surface area contributed by atoms with Crippen LogP contribution in [0.4, 0.5) is 5.69 Å². The summed E-state index contributed by atoms with van der Waals surface area (Å²) in [6, 6.07) is 10.3. The minimum Gasteiger partial charge on any atom is -0.506 e. The number of aromatic nitrogens is 2. The highest BCUT2D eigenvalue weighted by Crippen LogP contribution is 2.25. The number of nitrogens with two attached hydrogens (primary N) is 1. The number of ether oxygens (including phenoxy) is 2. The van der Waals surface area contributed by atoms with Gasteiger partial charge in [0.1, 0.15) is 11.5 Å². The summed E-state index contributed by atoms with van der Waals surface area (Å²) in [5, 5.41) is 15.9. The van der Waals surface area contributed by atoms with Gasteiger partial charge in [0.2, 0.25) is 0 Å². The van der Waals surface area contributed by atoms with Crippen molar-refractivity contribution in [3.05, 3.63) is 53.6 Å². The SMILES string of the molecule is C=C(C)C(=O)OCCCOc1ccc(N)c(O)c1.Clc1ccc2[nH][nH]c2c1. The van der Waals surface area contributed by atoms with Crippen molar-refractivity contribution in [2.75, 3.05) is 18.9 Å². The second kappa shape index (κ2) is 9.59. The molecule has 5 N–H and O–H groups in total. The fourth-order valence-corrected chi connectivity index (χ4v) is 2.12. The van der Waals surface area contributed by atoms with E-state index in [0.29, 0.717) is 30.0 Å². The van der Waals surface area contributed by atoms with Crippen LogP contribution in [0.1, 0.15) is 13.3 Å². The molecule has 0 aliphatic carbocycles. The van der Waals surface area contributed by atoms with Crippen LogP contribution >= 0.6 is 11.6 Å². The number of aromatic amines is 2. The summed E-state index contributed by atoms with van der Waals surface area (Å²) < 4.78 is 10.3. The molecule has 0 amide bonds. The number of anilines is 1.